The second kappa shape index (κ2) is 7.19. The Morgan fingerprint density at radius 2 is 2.10 bits per heavy atom. The molecule has 7 nitrogen and oxygen atoms in total. The lowest BCUT2D eigenvalue weighted by Gasteiger charge is -2.26. The Labute approximate surface area is 123 Å². The van der Waals surface area contributed by atoms with Crippen LogP contribution in [0.25, 0.3) is 0 Å². The van der Waals surface area contributed by atoms with Crippen LogP contribution < -0.4 is 5.32 Å². The van der Waals surface area contributed by atoms with E-state index in [2.05, 4.69) is 20.5 Å². The number of carbonyl (C=O) groups excluding carboxylic acids is 1. The lowest BCUT2D eigenvalue weighted by molar-refractivity contribution is -0.140. The third kappa shape index (κ3) is 4.84. The van der Waals surface area contributed by atoms with Gasteiger partial charge in [-0.25, -0.2) is 4.98 Å². The van der Waals surface area contributed by atoms with Gasteiger partial charge < -0.3 is 10.4 Å². The van der Waals surface area contributed by atoms with Gasteiger partial charge in [0.25, 0.3) is 0 Å². The van der Waals surface area contributed by atoms with E-state index < -0.39 is 5.97 Å². The molecule has 0 radical (unpaired) electrons. The molecular formula is C14H22N4O3. The van der Waals surface area contributed by atoms with Crippen molar-refractivity contribution < 1.29 is 14.7 Å². The second-order valence-corrected chi connectivity index (χ2v) is 5.84. The van der Waals surface area contributed by atoms with Crippen molar-refractivity contribution in [1.82, 2.24) is 20.5 Å². The van der Waals surface area contributed by atoms with E-state index in [0.29, 0.717) is 13.0 Å². The van der Waals surface area contributed by atoms with Crippen molar-refractivity contribution in [2.75, 3.05) is 6.54 Å². The third-order valence-electron chi connectivity index (χ3n) is 4.10. The summed E-state index contributed by atoms with van der Waals surface area (Å²) in [5, 5.41) is 18.4. The number of aliphatic carboxylic acids is 1. The molecule has 0 aromatic carbocycles. The van der Waals surface area contributed by atoms with Gasteiger partial charge in [-0.3, -0.25) is 14.7 Å². The maximum Gasteiger partial charge on any atom is 0.303 e. The van der Waals surface area contributed by atoms with Crippen LogP contribution in [0.15, 0.2) is 6.33 Å². The van der Waals surface area contributed by atoms with E-state index >= 15 is 0 Å². The molecule has 0 bridgehead atoms. The highest BCUT2D eigenvalue weighted by molar-refractivity contribution is 5.78. The summed E-state index contributed by atoms with van der Waals surface area (Å²) in [4.78, 5) is 27.0. The van der Waals surface area contributed by atoms with E-state index in [0.717, 1.165) is 44.3 Å². The van der Waals surface area contributed by atoms with Crippen LogP contribution in [0.5, 0.6) is 0 Å². The molecule has 0 aliphatic heterocycles. The van der Waals surface area contributed by atoms with E-state index in [4.69, 9.17) is 5.11 Å². The molecule has 0 atom stereocenters. The summed E-state index contributed by atoms with van der Waals surface area (Å²) < 4.78 is 0. The largest absolute Gasteiger partial charge is 0.481 e. The lowest BCUT2D eigenvalue weighted by Crippen LogP contribution is -2.32. The summed E-state index contributed by atoms with van der Waals surface area (Å²) in [5.74, 6) is -0.0480. The summed E-state index contributed by atoms with van der Waals surface area (Å²) in [7, 11) is 0. The van der Waals surface area contributed by atoms with Gasteiger partial charge in [0.05, 0.1) is 6.42 Å². The molecule has 1 heterocycles. The number of aromatic amines is 1. The zero-order valence-electron chi connectivity index (χ0n) is 12.1. The van der Waals surface area contributed by atoms with Gasteiger partial charge in [-0.05, 0) is 24.7 Å². The number of carboxylic acids is 1. The van der Waals surface area contributed by atoms with Gasteiger partial charge in [0.15, 0.2) is 0 Å². The van der Waals surface area contributed by atoms with Gasteiger partial charge in [0.2, 0.25) is 5.91 Å². The minimum atomic E-state index is -0.810. The van der Waals surface area contributed by atoms with E-state index in [1.54, 1.807) is 0 Å². The number of H-pyrrole nitrogens is 1. The highest BCUT2D eigenvalue weighted by Gasteiger charge is 2.37. The first-order valence-electron chi connectivity index (χ1n) is 7.42. The Morgan fingerprint density at radius 1 is 1.33 bits per heavy atom. The molecule has 1 amide bonds. The zero-order valence-corrected chi connectivity index (χ0v) is 12.1. The summed E-state index contributed by atoms with van der Waals surface area (Å²) in [6.45, 7) is 0.572. The van der Waals surface area contributed by atoms with Crippen LogP contribution in [0.4, 0.5) is 0 Å². The zero-order chi connectivity index (χ0) is 15.1. The van der Waals surface area contributed by atoms with E-state index in [1.807, 2.05) is 0 Å². The van der Waals surface area contributed by atoms with E-state index in [9.17, 15) is 9.59 Å². The van der Waals surface area contributed by atoms with Crippen molar-refractivity contribution in [3.05, 3.63) is 12.2 Å². The van der Waals surface area contributed by atoms with Crippen molar-refractivity contribution in [3.63, 3.8) is 0 Å². The van der Waals surface area contributed by atoms with Crippen molar-refractivity contribution in [2.45, 2.75) is 51.4 Å². The first kappa shape index (κ1) is 15.5. The number of aromatic nitrogens is 3. The summed E-state index contributed by atoms with van der Waals surface area (Å²) in [6.07, 6.45) is 7.12. The SMILES string of the molecule is O=C(O)CC1(CC(=O)NCCCc2ncn[nH]2)CCCC1. The van der Waals surface area contributed by atoms with Crippen molar-refractivity contribution in [3.8, 4) is 0 Å². The van der Waals surface area contributed by atoms with E-state index in [1.165, 1.54) is 6.33 Å². The number of amides is 1. The molecule has 0 unspecified atom stereocenters. The maximum atomic E-state index is 12.0. The first-order valence-corrected chi connectivity index (χ1v) is 7.42. The fourth-order valence-electron chi connectivity index (χ4n) is 3.10. The van der Waals surface area contributed by atoms with Gasteiger partial charge in [-0.2, -0.15) is 5.10 Å². The number of carboxylic acid groups (broad SMARTS) is 1. The lowest BCUT2D eigenvalue weighted by atomic mass is 9.79. The Morgan fingerprint density at radius 3 is 2.71 bits per heavy atom. The molecule has 1 fully saturated rings. The predicted octanol–water partition coefficient (Wildman–Crippen LogP) is 1.28. The molecule has 1 aliphatic carbocycles. The number of hydrogen-bond acceptors (Lipinski definition) is 4. The Kier molecular flexibility index (Phi) is 5.30. The molecule has 1 aromatic heterocycles. The van der Waals surface area contributed by atoms with Crippen LogP contribution in [0, 0.1) is 5.41 Å². The highest BCUT2D eigenvalue weighted by Crippen LogP contribution is 2.43. The number of hydrogen-bond donors (Lipinski definition) is 3. The van der Waals surface area contributed by atoms with Gasteiger partial charge in [0, 0.05) is 19.4 Å². The van der Waals surface area contributed by atoms with Crippen LogP contribution in [-0.2, 0) is 16.0 Å². The number of aryl methyl sites for hydroxylation is 1. The van der Waals surface area contributed by atoms with Crippen LogP contribution in [-0.4, -0.2) is 38.7 Å². The smallest absolute Gasteiger partial charge is 0.303 e. The fourth-order valence-corrected chi connectivity index (χ4v) is 3.10. The van der Waals surface area contributed by atoms with Crippen molar-refractivity contribution in [2.24, 2.45) is 5.41 Å². The van der Waals surface area contributed by atoms with E-state index in [-0.39, 0.29) is 17.7 Å². The molecule has 116 valence electrons. The number of nitrogens with one attached hydrogen (secondary N) is 2. The highest BCUT2D eigenvalue weighted by atomic mass is 16.4. The summed E-state index contributed by atoms with van der Waals surface area (Å²) in [6, 6.07) is 0. The normalized spacial score (nSPS) is 16.8. The van der Waals surface area contributed by atoms with Crippen LogP contribution in [0.2, 0.25) is 0 Å². The Hall–Kier alpha value is -1.92. The number of nitrogens with zero attached hydrogens (tertiary/aromatic N) is 2. The molecule has 21 heavy (non-hydrogen) atoms. The Bertz CT molecular complexity index is 467. The average Bonchev–Trinajstić information content (AvgIpc) is 3.06. The molecule has 1 saturated carbocycles. The molecular weight excluding hydrogens is 272 g/mol. The van der Waals surface area contributed by atoms with Crippen LogP contribution in [0.3, 0.4) is 0 Å². The molecule has 0 spiro atoms. The predicted molar refractivity (Wildman–Crippen MR) is 75.5 cm³/mol. The van der Waals surface area contributed by atoms with Crippen molar-refractivity contribution in [1.29, 1.82) is 0 Å². The molecule has 2 rings (SSSR count). The minimum Gasteiger partial charge on any atom is -0.481 e. The first-order chi connectivity index (χ1) is 10.1. The van der Waals surface area contributed by atoms with Crippen LogP contribution in [0.1, 0.15) is 50.8 Å². The average molecular weight is 294 g/mol. The Balaban J connectivity index is 1.71. The van der Waals surface area contributed by atoms with Crippen molar-refractivity contribution >= 4 is 11.9 Å². The standard InChI is InChI=1S/C14H22N4O3/c19-12(15-7-3-4-11-16-10-17-18-11)8-14(9-13(20)21)5-1-2-6-14/h10H,1-9H2,(H,15,19)(H,20,21)(H,16,17,18). The quantitative estimate of drug-likeness (QED) is 0.626. The van der Waals surface area contributed by atoms with Gasteiger partial charge in [-0.15, -0.1) is 0 Å². The fraction of sp³-hybridized carbons (Fsp3) is 0.714. The maximum absolute atomic E-state index is 12.0. The second-order valence-electron chi connectivity index (χ2n) is 5.84. The third-order valence-corrected chi connectivity index (χ3v) is 4.10. The molecule has 1 aromatic rings. The van der Waals surface area contributed by atoms with Gasteiger partial charge in [-0.1, -0.05) is 12.8 Å². The monoisotopic (exact) mass is 294 g/mol. The minimum absolute atomic E-state index is 0.0456. The van der Waals surface area contributed by atoms with Gasteiger partial charge >= 0.3 is 5.97 Å². The molecule has 1 aliphatic rings. The van der Waals surface area contributed by atoms with Gasteiger partial charge in [0.1, 0.15) is 12.2 Å². The molecule has 3 N–H and O–H groups in total. The topological polar surface area (TPSA) is 108 Å². The molecule has 7 heteroatoms. The summed E-state index contributed by atoms with van der Waals surface area (Å²) in [5.41, 5.74) is -0.332. The van der Waals surface area contributed by atoms with Crippen LogP contribution >= 0.6 is 0 Å². The number of rotatable bonds is 8. The number of carbonyl (C=O) groups is 2. The molecule has 0 saturated heterocycles. The summed E-state index contributed by atoms with van der Waals surface area (Å²) >= 11 is 0.